The molecule has 2 aliphatic heterocycles. The second kappa shape index (κ2) is 8.95. The SMILES string of the molecule is O=C1NC(c2ccccc2)C2(C(=O)N(c3ccccc3)N(c3ccccc3)C2=O)C(c2ccccc2)N1. The predicted molar refractivity (Wildman–Crippen MR) is 140 cm³/mol. The molecule has 0 bridgehead atoms. The van der Waals surface area contributed by atoms with E-state index in [1.165, 1.54) is 10.0 Å². The molecule has 2 atom stereocenters. The molecule has 0 aliphatic carbocycles. The zero-order chi connectivity index (χ0) is 25.4. The summed E-state index contributed by atoms with van der Waals surface area (Å²) in [6.07, 6.45) is 0. The fourth-order valence-electron chi connectivity index (χ4n) is 5.40. The third-order valence-corrected chi connectivity index (χ3v) is 7.02. The van der Waals surface area contributed by atoms with Crippen LogP contribution in [0.15, 0.2) is 121 Å². The summed E-state index contributed by atoms with van der Waals surface area (Å²) in [7, 11) is 0. The van der Waals surface area contributed by atoms with Crippen LogP contribution in [0.4, 0.5) is 16.2 Å². The van der Waals surface area contributed by atoms with Crippen LogP contribution in [-0.4, -0.2) is 17.8 Å². The summed E-state index contributed by atoms with van der Waals surface area (Å²) in [5.41, 5.74) is 0.738. The number of benzene rings is 4. The molecule has 2 unspecified atom stereocenters. The fraction of sp³-hybridized carbons (Fsp3) is 0.100. The quantitative estimate of drug-likeness (QED) is 0.406. The van der Waals surface area contributed by atoms with Gasteiger partial charge in [-0.2, -0.15) is 0 Å². The molecular weight excluding hydrogens is 464 g/mol. The lowest BCUT2D eigenvalue weighted by atomic mass is 9.67. The molecule has 6 rings (SSSR count). The Morgan fingerprint density at radius 1 is 0.486 bits per heavy atom. The molecule has 182 valence electrons. The second-order valence-electron chi connectivity index (χ2n) is 9.08. The first-order valence-corrected chi connectivity index (χ1v) is 12.1. The zero-order valence-electron chi connectivity index (χ0n) is 19.8. The Labute approximate surface area is 214 Å². The Morgan fingerprint density at radius 3 is 1.16 bits per heavy atom. The molecule has 2 N–H and O–H groups in total. The Balaban J connectivity index is 1.64. The van der Waals surface area contributed by atoms with Crippen molar-refractivity contribution in [2.75, 3.05) is 10.0 Å². The van der Waals surface area contributed by atoms with Crippen molar-refractivity contribution in [3.05, 3.63) is 132 Å². The minimum atomic E-state index is -1.71. The van der Waals surface area contributed by atoms with Crippen molar-refractivity contribution in [2.45, 2.75) is 12.1 Å². The standard InChI is InChI=1S/C30H24N4O3/c35-27-30(28(36)34(24-19-11-4-12-20-24)33(27)23-17-9-3-10-18-23)25(21-13-5-1-6-14-21)31-29(37)32-26(30)22-15-7-2-8-16-22/h1-20,25-26H,(H2,31,32,37). The summed E-state index contributed by atoms with van der Waals surface area (Å²) in [6.45, 7) is 0. The lowest BCUT2D eigenvalue weighted by Gasteiger charge is -2.44. The molecular formula is C30H24N4O3. The van der Waals surface area contributed by atoms with Crippen molar-refractivity contribution in [1.82, 2.24) is 10.6 Å². The number of hydrogen-bond acceptors (Lipinski definition) is 3. The van der Waals surface area contributed by atoms with Crippen LogP contribution >= 0.6 is 0 Å². The minimum absolute atomic E-state index is 0.428. The van der Waals surface area contributed by atoms with Gasteiger partial charge in [0.15, 0.2) is 5.41 Å². The Kier molecular flexibility index (Phi) is 5.45. The second-order valence-corrected chi connectivity index (χ2v) is 9.08. The molecule has 2 heterocycles. The molecule has 7 heteroatoms. The topological polar surface area (TPSA) is 81.8 Å². The van der Waals surface area contributed by atoms with Crippen molar-refractivity contribution in [2.24, 2.45) is 5.41 Å². The third-order valence-electron chi connectivity index (χ3n) is 7.02. The number of hydrogen-bond donors (Lipinski definition) is 2. The van der Waals surface area contributed by atoms with Crippen molar-refractivity contribution in [1.29, 1.82) is 0 Å². The molecule has 4 aromatic rings. The van der Waals surface area contributed by atoms with Gasteiger partial charge in [0, 0.05) is 0 Å². The van der Waals surface area contributed by atoms with Gasteiger partial charge >= 0.3 is 6.03 Å². The first kappa shape index (κ1) is 22.5. The molecule has 4 aromatic carbocycles. The van der Waals surface area contributed by atoms with Gasteiger partial charge in [-0.25, -0.2) is 14.8 Å². The van der Waals surface area contributed by atoms with Crippen LogP contribution in [0.5, 0.6) is 0 Å². The lowest BCUT2D eigenvalue weighted by molar-refractivity contribution is -0.140. The number of carbonyl (C=O) groups is 3. The van der Waals surface area contributed by atoms with Crippen LogP contribution in [0.1, 0.15) is 23.2 Å². The number of hydrazine groups is 1. The average molecular weight is 489 g/mol. The molecule has 37 heavy (non-hydrogen) atoms. The molecule has 0 saturated carbocycles. The smallest absolute Gasteiger partial charge is 0.315 e. The summed E-state index contributed by atoms with van der Waals surface area (Å²) < 4.78 is 0. The maximum absolute atomic E-state index is 14.8. The van der Waals surface area contributed by atoms with Gasteiger partial charge in [0.25, 0.3) is 11.8 Å². The number of para-hydroxylation sites is 2. The Morgan fingerprint density at radius 2 is 0.811 bits per heavy atom. The van der Waals surface area contributed by atoms with Crippen LogP contribution in [0.3, 0.4) is 0 Å². The maximum Gasteiger partial charge on any atom is 0.315 e. The van der Waals surface area contributed by atoms with Gasteiger partial charge in [0.2, 0.25) is 0 Å². The van der Waals surface area contributed by atoms with E-state index < -0.39 is 35.3 Å². The summed E-state index contributed by atoms with van der Waals surface area (Å²) >= 11 is 0. The molecule has 2 fully saturated rings. The number of carbonyl (C=O) groups excluding carboxylic acids is 3. The minimum Gasteiger partial charge on any atom is -0.330 e. The third kappa shape index (κ3) is 3.47. The lowest BCUT2D eigenvalue weighted by Crippen LogP contribution is -2.63. The van der Waals surface area contributed by atoms with E-state index in [0.29, 0.717) is 22.5 Å². The van der Waals surface area contributed by atoms with E-state index in [-0.39, 0.29) is 0 Å². The maximum atomic E-state index is 14.8. The van der Waals surface area contributed by atoms with Gasteiger partial charge in [-0.1, -0.05) is 97.1 Å². The van der Waals surface area contributed by atoms with Gasteiger partial charge in [-0.15, -0.1) is 0 Å². The van der Waals surface area contributed by atoms with Gasteiger partial charge in [0.1, 0.15) is 0 Å². The summed E-state index contributed by atoms with van der Waals surface area (Å²) in [6, 6.07) is 34.3. The van der Waals surface area contributed by atoms with E-state index >= 15 is 0 Å². The number of rotatable bonds is 4. The monoisotopic (exact) mass is 488 g/mol. The number of anilines is 2. The molecule has 7 nitrogen and oxygen atoms in total. The van der Waals surface area contributed by atoms with Crippen LogP contribution in [0.25, 0.3) is 0 Å². The van der Waals surface area contributed by atoms with E-state index in [1.54, 1.807) is 24.3 Å². The van der Waals surface area contributed by atoms with Gasteiger partial charge in [-0.05, 0) is 35.4 Å². The molecule has 0 radical (unpaired) electrons. The van der Waals surface area contributed by atoms with Crippen LogP contribution < -0.4 is 20.7 Å². The van der Waals surface area contributed by atoms with E-state index in [0.717, 1.165) is 0 Å². The van der Waals surface area contributed by atoms with Gasteiger partial charge < -0.3 is 10.6 Å². The average Bonchev–Trinajstić information content (AvgIpc) is 3.18. The van der Waals surface area contributed by atoms with E-state index in [4.69, 9.17) is 0 Å². The number of amides is 4. The highest BCUT2D eigenvalue weighted by atomic mass is 16.2. The predicted octanol–water partition coefficient (Wildman–Crippen LogP) is 4.76. The highest BCUT2D eigenvalue weighted by Gasteiger charge is 2.70. The van der Waals surface area contributed by atoms with Crippen LogP contribution in [0, 0.1) is 5.41 Å². The van der Waals surface area contributed by atoms with Crippen LogP contribution in [0.2, 0.25) is 0 Å². The van der Waals surface area contributed by atoms with Crippen molar-refractivity contribution >= 4 is 29.2 Å². The van der Waals surface area contributed by atoms with E-state index in [1.807, 2.05) is 97.1 Å². The van der Waals surface area contributed by atoms with E-state index in [9.17, 15) is 14.4 Å². The highest BCUT2D eigenvalue weighted by molar-refractivity contribution is 6.27. The van der Waals surface area contributed by atoms with Crippen molar-refractivity contribution in [3.63, 3.8) is 0 Å². The summed E-state index contributed by atoms with van der Waals surface area (Å²) in [4.78, 5) is 42.7. The molecule has 4 amide bonds. The van der Waals surface area contributed by atoms with Crippen LogP contribution in [-0.2, 0) is 9.59 Å². The highest BCUT2D eigenvalue weighted by Crippen LogP contribution is 2.54. The van der Waals surface area contributed by atoms with Gasteiger partial charge in [-0.3, -0.25) is 9.59 Å². The number of nitrogens with one attached hydrogen (secondary N) is 2. The van der Waals surface area contributed by atoms with Gasteiger partial charge in [0.05, 0.1) is 23.5 Å². The first-order valence-electron chi connectivity index (χ1n) is 12.1. The number of urea groups is 1. The molecule has 2 aliphatic rings. The summed E-state index contributed by atoms with van der Waals surface area (Å²) in [5, 5.41) is 8.72. The number of nitrogens with zero attached hydrogens (tertiary/aromatic N) is 2. The largest absolute Gasteiger partial charge is 0.330 e. The van der Waals surface area contributed by atoms with E-state index in [2.05, 4.69) is 10.6 Å². The Bertz CT molecular complexity index is 1330. The zero-order valence-corrected chi connectivity index (χ0v) is 19.8. The molecule has 2 saturated heterocycles. The molecule has 0 aromatic heterocycles. The normalized spacial score (nSPS) is 20.6. The van der Waals surface area contributed by atoms with Crippen molar-refractivity contribution < 1.29 is 14.4 Å². The van der Waals surface area contributed by atoms with Crippen molar-refractivity contribution in [3.8, 4) is 0 Å². The summed E-state index contributed by atoms with van der Waals surface area (Å²) in [5.74, 6) is -0.856. The first-order chi connectivity index (χ1) is 18.1. The fourth-order valence-corrected chi connectivity index (χ4v) is 5.40. The Hall–Kier alpha value is -4.91. The molecule has 1 spiro atoms.